The van der Waals surface area contributed by atoms with Crippen molar-refractivity contribution < 1.29 is 24.2 Å². The molecule has 0 bridgehead atoms. The van der Waals surface area contributed by atoms with E-state index < -0.39 is 11.8 Å². The largest absolute Gasteiger partial charge is 0.392 e. The Balaban J connectivity index is 1.05. The van der Waals surface area contributed by atoms with E-state index in [2.05, 4.69) is 37.6 Å². The summed E-state index contributed by atoms with van der Waals surface area (Å²) in [6.07, 6.45) is 4.38. The lowest BCUT2D eigenvalue weighted by Crippen LogP contribution is -2.57. The summed E-state index contributed by atoms with van der Waals surface area (Å²) in [6, 6.07) is 29.0. The molecule has 1 spiro atoms. The molecule has 4 aromatic rings. The highest BCUT2D eigenvalue weighted by molar-refractivity contribution is 6.04. The Morgan fingerprint density at radius 1 is 0.936 bits per heavy atom. The number of amides is 2. The van der Waals surface area contributed by atoms with Gasteiger partial charge in [-0.2, -0.15) is 0 Å². The summed E-state index contributed by atoms with van der Waals surface area (Å²) in [5, 5.41) is 15.6. The SMILES string of the molecule is O=C(Nc1ccc(C2OC(CN3CCC4(CC3)C(=O)NCN4c3ccccc3)CC(c3ccc(CO)cc3)O2)cc1)c1cccnc1. The first kappa shape index (κ1) is 31.0. The molecule has 10 heteroatoms. The summed E-state index contributed by atoms with van der Waals surface area (Å²) in [6.45, 7) is 2.79. The number of nitrogens with zero attached hydrogens (tertiary/aromatic N) is 3. The fourth-order valence-corrected chi connectivity index (χ4v) is 6.88. The Labute approximate surface area is 274 Å². The van der Waals surface area contributed by atoms with Crippen molar-refractivity contribution in [2.24, 2.45) is 0 Å². The summed E-state index contributed by atoms with van der Waals surface area (Å²) < 4.78 is 13.1. The number of likely N-dealkylation sites (tertiary alicyclic amines) is 1. The number of hydrogen-bond acceptors (Lipinski definition) is 8. The zero-order valence-corrected chi connectivity index (χ0v) is 26.1. The van der Waals surface area contributed by atoms with Crippen LogP contribution in [0.5, 0.6) is 0 Å². The second kappa shape index (κ2) is 13.6. The molecule has 3 atom stereocenters. The fraction of sp³-hybridized carbons (Fsp3) is 0.324. The number of benzene rings is 3. The number of piperidine rings is 1. The second-order valence-corrected chi connectivity index (χ2v) is 12.4. The smallest absolute Gasteiger partial charge is 0.257 e. The second-order valence-electron chi connectivity index (χ2n) is 12.4. The third kappa shape index (κ3) is 6.63. The number of nitrogens with one attached hydrogen (secondary N) is 2. The van der Waals surface area contributed by atoms with Crippen LogP contribution in [0, 0.1) is 0 Å². The van der Waals surface area contributed by atoms with Crippen LogP contribution in [0.2, 0.25) is 0 Å². The van der Waals surface area contributed by atoms with E-state index in [1.807, 2.05) is 66.7 Å². The maximum Gasteiger partial charge on any atom is 0.257 e. The molecular weight excluding hydrogens is 594 g/mol. The monoisotopic (exact) mass is 633 g/mol. The molecule has 3 unspecified atom stereocenters. The number of hydrogen-bond donors (Lipinski definition) is 3. The first-order chi connectivity index (χ1) is 23.0. The summed E-state index contributed by atoms with van der Waals surface area (Å²) in [4.78, 5) is 34.4. The summed E-state index contributed by atoms with van der Waals surface area (Å²) in [7, 11) is 0. The molecule has 242 valence electrons. The van der Waals surface area contributed by atoms with Gasteiger partial charge in [-0.15, -0.1) is 0 Å². The molecular formula is C37H39N5O5. The third-order valence-corrected chi connectivity index (χ3v) is 9.53. The van der Waals surface area contributed by atoms with Gasteiger partial charge in [0.2, 0.25) is 5.91 Å². The van der Waals surface area contributed by atoms with Gasteiger partial charge in [-0.25, -0.2) is 0 Å². The van der Waals surface area contributed by atoms with Gasteiger partial charge in [0.1, 0.15) is 5.54 Å². The summed E-state index contributed by atoms with van der Waals surface area (Å²) >= 11 is 0. The van der Waals surface area contributed by atoms with Gasteiger partial charge in [0.05, 0.1) is 31.0 Å². The number of rotatable bonds is 8. The van der Waals surface area contributed by atoms with Crippen molar-refractivity contribution in [2.45, 2.75) is 49.9 Å². The molecule has 0 radical (unpaired) electrons. The maximum atomic E-state index is 13.2. The molecule has 3 aliphatic heterocycles. The lowest BCUT2D eigenvalue weighted by Gasteiger charge is -2.45. The minimum absolute atomic E-state index is 0.0139. The van der Waals surface area contributed by atoms with E-state index in [-0.39, 0.29) is 30.6 Å². The topological polar surface area (TPSA) is 116 Å². The van der Waals surface area contributed by atoms with Crippen molar-refractivity contribution in [1.29, 1.82) is 0 Å². The van der Waals surface area contributed by atoms with E-state index >= 15 is 0 Å². The Kier molecular flexibility index (Phi) is 8.99. The number of aliphatic hydroxyl groups excluding tert-OH is 1. The average Bonchev–Trinajstić information content (AvgIpc) is 3.44. The van der Waals surface area contributed by atoms with Crippen LogP contribution in [-0.2, 0) is 20.9 Å². The van der Waals surface area contributed by atoms with Crippen molar-refractivity contribution in [3.05, 3.63) is 126 Å². The van der Waals surface area contributed by atoms with Gasteiger partial charge in [0, 0.05) is 55.4 Å². The van der Waals surface area contributed by atoms with Gasteiger partial charge in [-0.1, -0.05) is 54.6 Å². The van der Waals surface area contributed by atoms with Gasteiger partial charge in [-0.05, 0) is 60.4 Å². The number of ether oxygens (including phenoxy) is 2. The van der Waals surface area contributed by atoms with Crippen molar-refractivity contribution in [3.8, 4) is 0 Å². The molecule has 1 aromatic heterocycles. The highest BCUT2D eigenvalue weighted by Crippen LogP contribution is 2.40. The molecule has 0 saturated carbocycles. The van der Waals surface area contributed by atoms with Crippen LogP contribution < -0.4 is 15.5 Å². The fourth-order valence-electron chi connectivity index (χ4n) is 6.88. The Morgan fingerprint density at radius 3 is 2.38 bits per heavy atom. The Bertz CT molecular complexity index is 1660. The maximum absolute atomic E-state index is 13.2. The number of carbonyl (C=O) groups is 2. The first-order valence-corrected chi connectivity index (χ1v) is 16.2. The van der Waals surface area contributed by atoms with Gasteiger partial charge in [0.15, 0.2) is 6.29 Å². The molecule has 3 aromatic carbocycles. The van der Waals surface area contributed by atoms with Crippen molar-refractivity contribution >= 4 is 23.2 Å². The molecule has 4 heterocycles. The van der Waals surface area contributed by atoms with Crippen LogP contribution in [0.25, 0.3) is 0 Å². The molecule has 3 fully saturated rings. The number of anilines is 2. The zero-order valence-electron chi connectivity index (χ0n) is 26.1. The van der Waals surface area contributed by atoms with E-state index in [0.29, 0.717) is 30.9 Å². The van der Waals surface area contributed by atoms with E-state index in [0.717, 1.165) is 48.3 Å². The Morgan fingerprint density at radius 2 is 1.68 bits per heavy atom. The molecule has 3 N–H and O–H groups in total. The molecule has 2 amide bonds. The minimum Gasteiger partial charge on any atom is -0.392 e. The van der Waals surface area contributed by atoms with Crippen LogP contribution in [0.4, 0.5) is 11.4 Å². The predicted molar refractivity (Wildman–Crippen MR) is 177 cm³/mol. The number of para-hydroxylation sites is 1. The quantitative estimate of drug-likeness (QED) is 0.254. The lowest BCUT2D eigenvalue weighted by molar-refractivity contribution is -0.253. The van der Waals surface area contributed by atoms with Gasteiger partial charge in [0.25, 0.3) is 5.91 Å². The van der Waals surface area contributed by atoms with Crippen molar-refractivity contribution in [1.82, 2.24) is 15.2 Å². The number of pyridine rings is 1. The number of aliphatic hydroxyl groups is 1. The summed E-state index contributed by atoms with van der Waals surface area (Å²) in [5.74, 6) is -0.123. The van der Waals surface area contributed by atoms with E-state index in [9.17, 15) is 14.7 Å². The molecule has 3 aliphatic rings. The Hall–Kier alpha value is -4.61. The van der Waals surface area contributed by atoms with Crippen molar-refractivity contribution in [3.63, 3.8) is 0 Å². The van der Waals surface area contributed by atoms with Gasteiger partial charge in [-0.3, -0.25) is 14.6 Å². The molecule has 0 aliphatic carbocycles. The van der Waals surface area contributed by atoms with Crippen LogP contribution in [0.15, 0.2) is 103 Å². The predicted octanol–water partition coefficient (Wildman–Crippen LogP) is 4.80. The third-order valence-electron chi connectivity index (χ3n) is 9.53. The average molecular weight is 634 g/mol. The summed E-state index contributed by atoms with van der Waals surface area (Å²) in [5.41, 5.74) is 4.40. The highest BCUT2D eigenvalue weighted by atomic mass is 16.7. The zero-order chi connectivity index (χ0) is 32.2. The number of carbonyl (C=O) groups excluding carboxylic acids is 2. The lowest BCUT2D eigenvalue weighted by atomic mass is 9.85. The van der Waals surface area contributed by atoms with Crippen LogP contribution >= 0.6 is 0 Å². The van der Waals surface area contributed by atoms with Gasteiger partial charge < -0.3 is 35.0 Å². The standard InChI is InChI=1S/C37H39N5O5/c43-24-26-8-10-27(11-9-26)33-21-32(23-41-19-16-37(17-20-41)36(45)39-25-42(37)31-6-2-1-3-7-31)46-35(47-33)28-12-14-30(15-13-28)40-34(44)29-5-4-18-38-22-29/h1-15,18,22,32-33,35,43H,16-17,19-21,23-25H2,(H,39,45)(H,40,44). The highest BCUT2D eigenvalue weighted by Gasteiger charge is 2.50. The van der Waals surface area contributed by atoms with E-state index in [1.54, 1.807) is 18.3 Å². The van der Waals surface area contributed by atoms with Crippen molar-refractivity contribution in [2.75, 3.05) is 36.5 Å². The normalized spacial score (nSPS) is 22.6. The van der Waals surface area contributed by atoms with Crippen LogP contribution in [0.3, 0.4) is 0 Å². The molecule has 47 heavy (non-hydrogen) atoms. The van der Waals surface area contributed by atoms with Crippen LogP contribution in [-0.4, -0.2) is 64.8 Å². The number of aromatic nitrogens is 1. The van der Waals surface area contributed by atoms with Crippen LogP contribution in [0.1, 0.15) is 58.7 Å². The van der Waals surface area contributed by atoms with Gasteiger partial charge >= 0.3 is 0 Å². The van der Waals surface area contributed by atoms with E-state index in [4.69, 9.17) is 9.47 Å². The first-order valence-electron chi connectivity index (χ1n) is 16.2. The molecule has 7 rings (SSSR count). The minimum atomic E-state index is -0.607. The molecule has 10 nitrogen and oxygen atoms in total. The van der Waals surface area contributed by atoms with E-state index in [1.165, 1.54) is 6.20 Å². The molecule has 3 saturated heterocycles.